The van der Waals surface area contributed by atoms with E-state index in [0.717, 1.165) is 18.2 Å². The summed E-state index contributed by atoms with van der Waals surface area (Å²) < 4.78 is 13.1. The van der Waals surface area contributed by atoms with Gasteiger partial charge in [-0.1, -0.05) is 6.07 Å². The van der Waals surface area contributed by atoms with Crippen molar-refractivity contribution in [1.82, 2.24) is 5.32 Å². The van der Waals surface area contributed by atoms with E-state index < -0.39 is 0 Å². The summed E-state index contributed by atoms with van der Waals surface area (Å²) >= 11 is 0. The summed E-state index contributed by atoms with van der Waals surface area (Å²) in [5.41, 5.74) is 0.973. The first-order valence-corrected chi connectivity index (χ1v) is 6.93. The topological polar surface area (TPSA) is 15.3 Å². The molecule has 0 amide bonds. The summed E-state index contributed by atoms with van der Waals surface area (Å²) in [4.78, 5) is 2.14. The number of nitrogens with one attached hydrogen (secondary N) is 1. The zero-order valence-corrected chi connectivity index (χ0v) is 11.2. The van der Waals surface area contributed by atoms with E-state index in [1.54, 1.807) is 12.1 Å². The number of nitrogens with zero attached hydrogens (tertiary/aromatic N) is 1. The summed E-state index contributed by atoms with van der Waals surface area (Å²) in [7, 11) is 2.04. The van der Waals surface area contributed by atoms with E-state index >= 15 is 0 Å². The van der Waals surface area contributed by atoms with Gasteiger partial charge in [0.1, 0.15) is 5.82 Å². The molecule has 100 valence electrons. The fourth-order valence-corrected chi connectivity index (χ4v) is 2.63. The molecule has 0 saturated carbocycles. The average molecular weight is 250 g/mol. The summed E-state index contributed by atoms with van der Waals surface area (Å²) in [5.74, 6) is 0.727. The minimum absolute atomic E-state index is 0.155. The minimum atomic E-state index is -0.155. The minimum Gasteiger partial charge on any atom is -0.375 e. The maximum atomic E-state index is 13.1. The predicted octanol–water partition coefficient (Wildman–Crippen LogP) is 3.04. The maximum absolute atomic E-state index is 13.1. The van der Waals surface area contributed by atoms with Crippen LogP contribution in [0, 0.1) is 11.7 Å². The second kappa shape index (κ2) is 6.74. The Hall–Kier alpha value is -1.09. The highest BCUT2D eigenvalue weighted by molar-refractivity contribution is 5.45. The molecule has 1 saturated heterocycles. The van der Waals surface area contributed by atoms with Crippen molar-refractivity contribution in [1.29, 1.82) is 0 Å². The van der Waals surface area contributed by atoms with Crippen molar-refractivity contribution in [3.63, 3.8) is 0 Å². The molecule has 0 unspecified atom stereocenters. The van der Waals surface area contributed by atoms with Gasteiger partial charge in [-0.15, -0.1) is 0 Å². The van der Waals surface area contributed by atoms with Gasteiger partial charge in [-0.3, -0.25) is 0 Å². The van der Waals surface area contributed by atoms with Crippen LogP contribution >= 0.6 is 0 Å². The lowest BCUT2D eigenvalue weighted by Crippen LogP contribution is -2.28. The molecule has 1 N–H and O–H groups in total. The third-order valence-corrected chi connectivity index (χ3v) is 3.81. The Bertz CT molecular complexity index is 361. The standard InChI is InChI=1S/C15H23FN2/c1-18(15-6-2-5-14(16)12-15)11-3-4-13-7-9-17-10-8-13/h2,5-6,12-13,17H,3-4,7-11H2,1H3. The molecular formula is C15H23FN2. The molecule has 0 radical (unpaired) electrons. The van der Waals surface area contributed by atoms with E-state index in [0.29, 0.717) is 0 Å². The van der Waals surface area contributed by atoms with Crippen molar-refractivity contribution in [2.45, 2.75) is 25.7 Å². The fourth-order valence-electron chi connectivity index (χ4n) is 2.63. The van der Waals surface area contributed by atoms with E-state index in [1.165, 1.54) is 44.8 Å². The third-order valence-electron chi connectivity index (χ3n) is 3.81. The Kier molecular flexibility index (Phi) is 5.00. The van der Waals surface area contributed by atoms with Crippen LogP contribution in [0.4, 0.5) is 10.1 Å². The Labute approximate surface area is 109 Å². The largest absolute Gasteiger partial charge is 0.375 e. The molecule has 3 heteroatoms. The molecule has 1 fully saturated rings. The van der Waals surface area contributed by atoms with Crippen molar-refractivity contribution >= 4 is 5.69 Å². The van der Waals surface area contributed by atoms with Crippen molar-refractivity contribution < 1.29 is 4.39 Å². The molecule has 1 aromatic carbocycles. The van der Waals surface area contributed by atoms with Crippen LogP contribution in [-0.4, -0.2) is 26.7 Å². The van der Waals surface area contributed by atoms with Crippen LogP contribution in [0.25, 0.3) is 0 Å². The molecule has 1 aliphatic heterocycles. The molecule has 1 aromatic rings. The van der Waals surface area contributed by atoms with Crippen molar-refractivity contribution in [3.8, 4) is 0 Å². The molecule has 0 spiro atoms. The molecular weight excluding hydrogens is 227 g/mol. The Morgan fingerprint density at radius 2 is 2.11 bits per heavy atom. The lowest BCUT2D eigenvalue weighted by atomic mass is 9.93. The SMILES string of the molecule is CN(CCCC1CCNCC1)c1cccc(F)c1. The Balaban J connectivity index is 1.72. The lowest BCUT2D eigenvalue weighted by molar-refractivity contribution is 0.348. The van der Waals surface area contributed by atoms with E-state index in [9.17, 15) is 4.39 Å². The Morgan fingerprint density at radius 1 is 1.33 bits per heavy atom. The molecule has 2 nitrogen and oxygen atoms in total. The zero-order valence-electron chi connectivity index (χ0n) is 11.2. The van der Waals surface area contributed by atoms with Gasteiger partial charge < -0.3 is 10.2 Å². The van der Waals surface area contributed by atoms with Crippen molar-refractivity contribution in [3.05, 3.63) is 30.1 Å². The van der Waals surface area contributed by atoms with Crippen molar-refractivity contribution in [2.75, 3.05) is 31.6 Å². The van der Waals surface area contributed by atoms with Crippen LogP contribution in [0.3, 0.4) is 0 Å². The second-order valence-electron chi connectivity index (χ2n) is 5.24. The van der Waals surface area contributed by atoms with Gasteiger partial charge in [0.25, 0.3) is 0 Å². The van der Waals surface area contributed by atoms with E-state index in [-0.39, 0.29) is 5.82 Å². The van der Waals surface area contributed by atoms with Gasteiger partial charge in [-0.25, -0.2) is 4.39 Å². The number of benzene rings is 1. The van der Waals surface area contributed by atoms with E-state index in [4.69, 9.17) is 0 Å². The summed E-state index contributed by atoms with van der Waals surface area (Å²) in [6.07, 6.45) is 5.10. The monoisotopic (exact) mass is 250 g/mol. The number of piperidine rings is 1. The summed E-state index contributed by atoms with van der Waals surface area (Å²) in [5, 5.41) is 3.39. The maximum Gasteiger partial charge on any atom is 0.125 e. The van der Waals surface area contributed by atoms with Gasteiger partial charge in [-0.05, 0) is 62.9 Å². The number of halogens is 1. The molecule has 0 aliphatic carbocycles. The quantitative estimate of drug-likeness (QED) is 0.864. The molecule has 0 atom stereocenters. The number of anilines is 1. The normalized spacial score (nSPS) is 16.8. The zero-order chi connectivity index (χ0) is 12.8. The number of hydrogen-bond acceptors (Lipinski definition) is 2. The van der Waals surface area contributed by atoms with Crippen molar-refractivity contribution in [2.24, 2.45) is 5.92 Å². The van der Waals surface area contributed by atoms with Gasteiger partial charge in [-0.2, -0.15) is 0 Å². The highest BCUT2D eigenvalue weighted by atomic mass is 19.1. The molecule has 2 rings (SSSR count). The van der Waals surface area contributed by atoms with Gasteiger partial charge in [0.05, 0.1) is 0 Å². The van der Waals surface area contributed by atoms with Crippen LogP contribution < -0.4 is 10.2 Å². The molecule has 18 heavy (non-hydrogen) atoms. The predicted molar refractivity (Wildman–Crippen MR) is 74.5 cm³/mol. The van der Waals surface area contributed by atoms with E-state index in [2.05, 4.69) is 10.2 Å². The Morgan fingerprint density at radius 3 is 2.83 bits per heavy atom. The molecule has 1 aliphatic rings. The molecule has 0 aromatic heterocycles. The van der Waals surface area contributed by atoms with Crippen LogP contribution in [0.1, 0.15) is 25.7 Å². The number of rotatable bonds is 5. The average Bonchev–Trinajstić information content (AvgIpc) is 2.40. The first kappa shape index (κ1) is 13.3. The van der Waals surface area contributed by atoms with Crippen LogP contribution in [0.5, 0.6) is 0 Å². The molecule has 0 bridgehead atoms. The van der Waals surface area contributed by atoms with Gasteiger partial charge >= 0.3 is 0 Å². The van der Waals surface area contributed by atoms with Gasteiger partial charge in [0, 0.05) is 19.3 Å². The summed E-state index contributed by atoms with van der Waals surface area (Å²) in [6, 6.07) is 6.83. The van der Waals surface area contributed by atoms with Gasteiger partial charge in [0.15, 0.2) is 0 Å². The first-order chi connectivity index (χ1) is 8.75. The second-order valence-corrected chi connectivity index (χ2v) is 5.24. The highest BCUT2D eigenvalue weighted by Crippen LogP contribution is 2.19. The van der Waals surface area contributed by atoms with E-state index in [1.807, 2.05) is 13.1 Å². The third kappa shape index (κ3) is 3.98. The van der Waals surface area contributed by atoms with Gasteiger partial charge in [0.2, 0.25) is 0 Å². The lowest BCUT2D eigenvalue weighted by Gasteiger charge is -2.24. The smallest absolute Gasteiger partial charge is 0.125 e. The first-order valence-electron chi connectivity index (χ1n) is 6.93. The molecule has 1 heterocycles. The van der Waals surface area contributed by atoms with Crippen LogP contribution in [-0.2, 0) is 0 Å². The summed E-state index contributed by atoms with van der Waals surface area (Å²) in [6.45, 7) is 3.35. The highest BCUT2D eigenvalue weighted by Gasteiger charge is 2.12. The number of hydrogen-bond donors (Lipinski definition) is 1. The van der Waals surface area contributed by atoms with Crippen LogP contribution in [0.15, 0.2) is 24.3 Å². The van der Waals surface area contributed by atoms with Crippen LogP contribution in [0.2, 0.25) is 0 Å². The fraction of sp³-hybridized carbons (Fsp3) is 0.600.